The highest BCUT2D eigenvalue weighted by molar-refractivity contribution is 7.17. The molecule has 0 unspecified atom stereocenters. The molecule has 1 amide bonds. The van der Waals surface area contributed by atoms with Gasteiger partial charge in [0.1, 0.15) is 22.3 Å². The standard InChI is InChI=1S/C28H40ClN9O3S/c1-20-4-3-5-22(29)26(20)36-27(39)23-19-32-28(42-23)35-24-18-25(34-21(2)33-24)38-12-10-37(11-13-38)9-7-31-8-15-41-17-16-40-14-6-30/h3-5,18-19,31H,6-17,30H2,1-2H3,(H,36,39)(H,32,33,34,35). The monoisotopic (exact) mass is 617 g/mol. The van der Waals surface area contributed by atoms with Gasteiger partial charge in [0, 0.05) is 58.4 Å². The normalized spacial score (nSPS) is 13.9. The van der Waals surface area contributed by atoms with Crippen molar-refractivity contribution in [2.75, 3.05) is 94.3 Å². The van der Waals surface area contributed by atoms with Crippen LogP contribution in [0.5, 0.6) is 0 Å². The number of aromatic nitrogens is 3. The number of benzene rings is 1. The van der Waals surface area contributed by atoms with E-state index in [1.165, 1.54) is 11.3 Å². The van der Waals surface area contributed by atoms with Crippen LogP contribution in [-0.2, 0) is 9.47 Å². The third kappa shape index (κ3) is 9.83. The van der Waals surface area contributed by atoms with Gasteiger partial charge in [-0.2, -0.15) is 0 Å². The highest BCUT2D eigenvalue weighted by Crippen LogP contribution is 2.28. The van der Waals surface area contributed by atoms with E-state index in [4.69, 9.17) is 26.8 Å². The van der Waals surface area contributed by atoms with Crippen LogP contribution in [-0.4, -0.2) is 105 Å². The smallest absolute Gasteiger partial charge is 0.267 e. The van der Waals surface area contributed by atoms with Gasteiger partial charge in [0.05, 0.1) is 43.3 Å². The predicted molar refractivity (Wildman–Crippen MR) is 169 cm³/mol. The molecule has 1 aliphatic rings. The zero-order valence-corrected chi connectivity index (χ0v) is 25.8. The number of nitrogens with two attached hydrogens (primary N) is 1. The maximum absolute atomic E-state index is 12.8. The Morgan fingerprint density at radius 3 is 2.62 bits per heavy atom. The Hall–Kier alpha value is -2.91. The lowest BCUT2D eigenvalue weighted by Gasteiger charge is -2.35. The second-order valence-electron chi connectivity index (χ2n) is 9.79. The zero-order chi connectivity index (χ0) is 29.7. The maximum Gasteiger partial charge on any atom is 0.267 e. The minimum absolute atomic E-state index is 0.262. The molecule has 0 saturated carbocycles. The zero-order valence-electron chi connectivity index (χ0n) is 24.2. The fourth-order valence-electron chi connectivity index (χ4n) is 4.40. The van der Waals surface area contributed by atoms with Gasteiger partial charge in [-0.25, -0.2) is 15.0 Å². The third-order valence-electron chi connectivity index (χ3n) is 6.61. The number of ether oxygens (including phenoxy) is 2. The molecule has 5 N–H and O–H groups in total. The van der Waals surface area contributed by atoms with Crippen molar-refractivity contribution < 1.29 is 14.3 Å². The Morgan fingerprint density at radius 1 is 1.07 bits per heavy atom. The maximum atomic E-state index is 12.8. The number of hydrogen-bond donors (Lipinski definition) is 4. The largest absolute Gasteiger partial charge is 0.378 e. The lowest BCUT2D eigenvalue weighted by atomic mass is 10.2. The van der Waals surface area contributed by atoms with Crippen LogP contribution in [0.1, 0.15) is 21.1 Å². The number of piperazine rings is 1. The number of halogens is 1. The number of thiazole rings is 1. The summed E-state index contributed by atoms with van der Waals surface area (Å²) in [6.45, 7) is 13.1. The van der Waals surface area contributed by atoms with Gasteiger partial charge in [-0.1, -0.05) is 35.1 Å². The molecule has 1 aliphatic heterocycles. The van der Waals surface area contributed by atoms with E-state index in [2.05, 4.69) is 40.7 Å². The summed E-state index contributed by atoms with van der Waals surface area (Å²) in [5.41, 5.74) is 6.88. The van der Waals surface area contributed by atoms with Crippen LogP contribution in [0.4, 0.5) is 22.5 Å². The number of para-hydroxylation sites is 1. The Bertz CT molecular complexity index is 1270. The molecule has 1 fully saturated rings. The van der Waals surface area contributed by atoms with Gasteiger partial charge in [0.25, 0.3) is 5.91 Å². The first kappa shape index (κ1) is 32.0. The van der Waals surface area contributed by atoms with Gasteiger partial charge in [-0.3, -0.25) is 9.69 Å². The molecule has 42 heavy (non-hydrogen) atoms. The number of aryl methyl sites for hydroxylation is 2. The molecule has 0 atom stereocenters. The lowest BCUT2D eigenvalue weighted by molar-refractivity contribution is 0.0517. The summed E-state index contributed by atoms with van der Waals surface area (Å²) in [6.07, 6.45) is 1.55. The van der Waals surface area contributed by atoms with Crippen molar-refractivity contribution in [3.63, 3.8) is 0 Å². The molecule has 228 valence electrons. The molecule has 4 rings (SSSR count). The molecule has 0 aliphatic carbocycles. The first-order valence-corrected chi connectivity index (χ1v) is 15.3. The summed E-state index contributed by atoms with van der Waals surface area (Å²) in [6, 6.07) is 7.43. The molecule has 2 aromatic heterocycles. The van der Waals surface area contributed by atoms with Crippen molar-refractivity contribution in [1.82, 2.24) is 25.2 Å². The summed E-state index contributed by atoms with van der Waals surface area (Å²) >= 11 is 7.51. The number of carbonyl (C=O) groups excluding carboxylic acids is 1. The minimum atomic E-state index is -0.262. The fourth-order valence-corrected chi connectivity index (χ4v) is 5.39. The average Bonchev–Trinajstić information content (AvgIpc) is 3.44. The van der Waals surface area contributed by atoms with Crippen molar-refractivity contribution in [3.8, 4) is 0 Å². The van der Waals surface area contributed by atoms with Gasteiger partial charge >= 0.3 is 0 Å². The predicted octanol–water partition coefficient (Wildman–Crippen LogP) is 2.90. The lowest BCUT2D eigenvalue weighted by Crippen LogP contribution is -2.48. The first-order valence-electron chi connectivity index (χ1n) is 14.1. The average molecular weight is 618 g/mol. The molecule has 14 heteroatoms. The van der Waals surface area contributed by atoms with Crippen molar-refractivity contribution in [1.29, 1.82) is 0 Å². The van der Waals surface area contributed by atoms with Gasteiger partial charge in [-0.05, 0) is 25.5 Å². The Balaban J connectivity index is 1.21. The quantitative estimate of drug-likeness (QED) is 0.176. The number of rotatable bonds is 16. The number of hydrogen-bond acceptors (Lipinski definition) is 12. The van der Waals surface area contributed by atoms with E-state index in [-0.39, 0.29) is 5.91 Å². The summed E-state index contributed by atoms with van der Waals surface area (Å²) in [5, 5.41) is 10.6. The van der Waals surface area contributed by atoms with Crippen LogP contribution < -0.4 is 26.6 Å². The first-order chi connectivity index (χ1) is 20.4. The van der Waals surface area contributed by atoms with Crippen LogP contribution in [0, 0.1) is 13.8 Å². The van der Waals surface area contributed by atoms with E-state index in [0.717, 1.165) is 57.2 Å². The second-order valence-corrected chi connectivity index (χ2v) is 11.2. The number of anilines is 4. The Morgan fingerprint density at radius 2 is 1.86 bits per heavy atom. The number of nitrogens with zero attached hydrogens (tertiary/aromatic N) is 5. The molecule has 3 aromatic rings. The van der Waals surface area contributed by atoms with Crippen LogP contribution in [0.2, 0.25) is 5.02 Å². The molecular formula is C28H40ClN9O3S. The molecule has 0 spiro atoms. The summed E-state index contributed by atoms with van der Waals surface area (Å²) in [5.74, 6) is 1.92. The van der Waals surface area contributed by atoms with Crippen LogP contribution in [0.3, 0.4) is 0 Å². The molecule has 0 radical (unpaired) electrons. The molecule has 1 saturated heterocycles. The second kappa shape index (κ2) is 16.7. The topological polar surface area (TPSA) is 143 Å². The van der Waals surface area contributed by atoms with E-state index < -0.39 is 0 Å². The Labute approximate surface area is 256 Å². The van der Waals surface area contributed by atoms with E-state index in [1.807, 2.05) is 32.0 Å². The molecular weight excluding hydrogens is 578 g/mol. The van der Waals surface area contributed by atoms with E-state index in [9.17, 15) is 4.79 Å². The molecule has 12 nitrogen and oxygen atoms in total. The summed E-state index contributed by atoms with van der Waals surface area (Å²) in [7, 11) is 0. The minimum Gasteiger partial charge on any atom is -0.378 e. The summed E-state index contributed by atoms with van der Waals surface area (Å²) < 4.78 is 10.8. The van der Waals surface area contributed by atoms with Gasteiger partial charge in [0.15, 0.2) is 5.13 Å². The van der Waals surface area contributed by atoms with E-state index in [1.54, 1.807) is 12.3 Å². The molecule has 3 heterocycles. The highest BCUT2D eigenvalue weighted by atomic mass is 35.5. The number of nitrogens with one attached hydrogen (secondary N) is 3. The van der Waals surface area contributed by atoms with E-state index >= 15 is 0 Å². The SMILES string of the molecule is Cc1nc(Nc2ncc(C(=O)Nc3c(C)cccc3Cl)s2)cc(N2CCN(CCNCCOCCOCCN)CC2)n1. The van der Waals surface area contributed by atoms with Crippen molar-refractivity contribution in [2.45, 2.75) is 13.8 Å². The van der Waals surface area contributed by atoms with Gasteiger partial charge < -0.3 is 36.1 Å². The summed E-state index contributed by atoms with van der Waals surface area (Å²) in [4.78, 5) is 31.6. The van der Waals surface area contributed by atoms with Gasteiger partial charge in [0.2, 0.25) is 0 Å². The van der Waals surface area contributed by atoms with Gasteiger partial charge in [-0.15, -0.1) is 0 Å². The van der Waals surface area contributed by atoms with E-state index in [0.29, 0.717) is 65.3 Å². The van der Waals surface area contributed by atoms with Crippen molar-refractivity contribution in [2.24, 2.45) is 5.73 Å². The van der Waals surface area contributed by atoms with Crippen LogP contribution in [0.25, 0.3) is 0 Å². The van der Waals surface area contributed by atoms with Crippen molar-refractivity contribution >= 4 is 51.3 Å². The fraction of sp³-hybridized carbons (Fsp3) is 0.500. The van der Waals surface area contributed by atoms with Crippen molar-refractivity contribution in [3.05, 3.63) is 51.7 Å². The molecule has 0 bridgehead atoms. The number of amides is 1. The molecule has 1 aromatic carbocycles. The van der Waals surface area contributed by atoms with Crippen LogP contribution >= 0.6 is 22.9 Å². The third-order valence-corrected chi connectivity index (χ3v) is 7.83. The highest BCUT2D eigenvalue weighted by Gasteiger charge is 2.19. The Kier molecular flexibility index (Phi) is 12.7. The number of carbonyl (C=O) groups is 1. The van der Waals surface area contributed by atoms with Crippen LogP contribution in [0.15, 0.2) is 30.5 Å².